The molecule has 0 aliphatic heterocycles. The molecule has 17 heavy (non-hydrogen) atoms. The number of hydrogen-bond donors (Lipinski definition) is 0. The van der Waals surface area contributed by atoms with Gasteiger partial charge in [-0.15, -0.1) is 0 Å². The Morgan fingerprint density at radius 3 is 2.76 bits per heavy atom. The largest absolute Gasteiger partial charge is 0.492 e. The summed E-state index contributed by atoms with van der Waals surface area (Å²) < 4.78 is 6.18. The smallest absolute Gasteiger partial charge is 0.138 e. The SMILES string of the molecule is CCOc1cncc(-c2cc(Br)nc(C)n2)c1. The first-order chi connectivity index (χ1) is 8.19. The van der Waals surface area contributed by atoms with E-state index in [0.29, 0.717) is 6.61 Å². The van der Waals surface area contributed by atoms with Gasteiger partial charge >= 0.3 is 0 Å². The predicted octanol–water partition coefficient (Wildman–Crippen LogP) is 3.01. The minimum absolute atomic E-state index is 0.623. The van der Waals surface area contributed by atoms with Crippen LogP contribution in [0.5, 0.6) is 5.75 Å². The summed E-state index contributed by atoms with van der Waals surface area (Å²) in [5.41, 5.74) is 1.75. The molecule has 4 nitrogen and oxygen atoms in total. The van der Waals surface area contributed by atoms with Gasteiger partial charge in [-0.1, -0.05) is 0 Å². The molecule has 2 heterocycles. The Hall–Kier alpha value is -1.49. The number of aromatic nitrogens is 3. The molecule has 2 rings (SSSR count). The van der Waals surface area contributed by atoms with Crippen LogP contribution in [0.25, 0.3) is 11.3 Å². The van der Waals surface area contributed by atoms with Crippen LogP contribution in [-0.4, -0.2) is 21.6 Å². The first-order valence-electron chi connectivity index (χ1n) is 5.28. The molecule has 0 radical (unpaired) electrons. The van der Waals surface area contributed by atoms with Crippen LogP contribution in [0.3, 0.4) is 0 Å². The lowest BCUT2D eigenvalue weighted by Gasteiger charge is -2.06. The highest BCUT2D eigenvalue weighted by Crippen LogP contribution is 2.22. The van der Waals surface area contributed by atoms with Crippen molar-refractivity contribution < 1.29 is 4.74 Å². The molecule has 0 aliphatic rings. The normalized spacial score (nSPS) is 10.3. The summed E-state index contributed by atoms with van der Waals surface area (Å²) in [7, 11) is 0. The summed E-state index contributed by atoms with van der Waals surface area (Å²) >= 11 is 3.36. The Balaban J connectivity index is 2.41. The molecule has 88 valence electrons. The van der Waals surface area contributed by atoms with Gasteiger partial charge in [0.15, 0.2) is 0 Å². The van der Waals surface area contributed by atoms with Gasteiger partial charge in [-0.25, -0.2) is 9.97 Å². The van der Waals surface area contributed by atoms with Crippen LogP contribution in [0, 0.1) is 6.92 Å². The van der Waals surface area contributed by atoms with E-state index in [-0.39, 0.29) is 0 Å². The highest BCUT2D eigenvalue weighted by molar-refractivity contribution is 9.10. The van der Waals surface area contributed by atoms with Crippen LogP contribution in [-0.2, 0) is 0 Å². The van der Waals surface area contributed by atoms with Gasteiger partial charge in [0.05, 0.1) is 18.5 Å². The van der Waals surface area contributed by atoms with Gasteiger partial charge in [0.2, 0.25) is 0 Å². The number of nitrogens with zero attached hydrogens (tertiary/aromatic N) is 3. The maximum atomic E-state index is 5.41. The predicted molar refractivity (Wildman–Crippen MR) is 68.9 cm³/mol. The van der Waals surface area contributed by atoms with Gasteiger partial charge in [-0.05, 0) is 41.9 Å². The first-order valence-corrected chi connectivity index (χ1v) is 6.07. The van der Waals surface area contributed by atoms with Crippen LogP contribution in [0.2, 0.25) is 0 Å². The van der Waals surface area contributed by atoms with E-state index in [1.165, 1.54) is 0 Å². The van der Waals surface area contributed by atoms with E-state index in [2.05, 4.69) is 30.9 Å². The molecule has 0 aliphatic carbocycles. The zero-order valence-corrected chi connectivity index (χ0v) is 11.2. The molecule has 0 saturated heterocycles. The first kappa shape index (κ1) is 12.0. The highest BCUT2D eigenvalue weighted by atomic mass is 79.9. The highest BCUT2D eigenvalue weighted by Gasteiger charge is 2.05. The van der Waals surface area contributed by atoms with Gasteiger partial charge in [0.25, 0.3) is 0 Å². The lowest BCUT2D eigenvalue weighted by molar-refractivity contribution is 0.339. The van der Waals surface area contributed by atoms with Crippen molar-refractivity contribution in [2.75, 3.05) is 6.61 Å². The molecule has 0 fully saturated rings. The van der Waals surface area contributed by atoms with E-state index in [9.17, 15) is 0 Å². The van der Waals surface area contributed by atoms with Crippen molar-refractivity contribution in [2.24, 2.45) is 0 Å². The molecule has 0 atom stereocenters. The average Bonchev–Trinajstić information content (AvgIpc) is 2.28. The second-order valence-corrected chi connectivity index (χ2v) is 4.28. The molecule has 0 N–H and O–H groups in total. The Bertz CT molecular complexity index is 511. The summed E-state index contributed by atoms with van der Waals surface area (Å²) in [5, 5.41) is 0. The molecule has 2 aromatic heterocycles. The van der Waals surface area contributed by atoms with Crippen molar-refractivity contribution in [1.82, 2.24) is 15.0 Å². The van der Waals surface area contributed by atoms with Crippen molar-refractivity contribution in [3.63, 3.8) is 0 Å². The van der Waals surface area contributed by atoms with Crippen molar-refractivity contribution >= 4 is 15.9 Å². The van der Waals surface area contributed by atoms with Crippen molar-refractivity contribution in [1.29, 1.82) is 0 Å². The lowest BCUT2D eigenvalue weighted by atomic mass is 10.2. The maximum Gasteiger partial charge on any atom is 0.138 e. The topological polar surface area (TPSA) is 47.9 Å². The monoisotopic (exact) mass is 293 g/mol. The van der Waals surface area contributed by atoms with Crippen LogP contribution >= 0.6 is 15.9 Å². The zero-order chi connectivity index (χ0) is 12.3. The van der Waals surface area contributed by atoms with Crippen molar-refractivity contribution in [3.8, 4) is 17.0 Å². The van der Waals surface area contributed by atoms with E-state index in [4.69, 9.17) is 4.74 Å². The third-order valence-corrected chi connectivity index (χ3v) is 2.53. The molecule has 5 heteroatoms. The van der Waals surface area contributed by atoms with Gasteiger partial charge in [0, 0.05) is 11.8 Å². The Labute approximate surface area is 108 Å². The lowest BCUT2D eigenvalue weighted by Crippen LogP contribution is -1.95. The Morgan fingerprint density at radius 2 is 2.06 bits per heavy atom. The van der Waals surface area contributed by atoms with Crippen LogP contribution in [0.1, 0.15) is 12.7 Å². The summed E-state index contributed by atoms with van der Waals surface area (Å²) in [5.74, 6) is 1.47. The van der Waals surface area contributed by atoms with E-state index in [1.807, 2.05) is 26.0 Å². The minimum Gasteiger partial charge on any atom is -0.492 e. The average molecular weight is 294 g/mol. The fraction of sp³-hybridized carbons (Fsp3) is 0.250. The Kier molecular flexibility index (Phi) is 3.68. The molecule has 0 amide bonds. The fourth-order valence-electron chi connectivity index (χ4n) is 1.48. The third-order valence-electron chi connectivity index (χ3n) is 2.13. The van der Waals surface area contributed by atoms with Gasteiger partial charge in [0.1, 0.15) is 16.2 Å². The standard InChI is InChI=1S/C12H12BrN3O/c1-3-17-10-4-9(6-14-7-10)11-5-12(13)16-8(2)15-11/h4-7H,3H2,1-2H3. The van der Waals surface area contributed by atoms with Gasteiger partial charge < -0.3 is 4.74 Å². The number of hydrogen-bond acceptors (Lipinski definition) is 4. The molecular weight excluding hydrogens is 282 g/mol. The third kappa shape index (κ3) is 3.00. The molecular formula is C12H12BrN3O. The second-order valence-electron chi connectivity index (χ2n) is 3.47. The van der Waals surface area contributed by atoms with E-state index in [1.54, 1.807) is 12.4 Å². The number of halogens is 1. The van der Waals surface area contributed by atoms with E-state index in [0.717, 1.165) is 27.4 Å². The molecule has 0 spiro atoms. The van der Waals surface area contributed by atoms with Gasteiger partial charge in [-0.3, -0.25) is 4.98 Å². The zero-order valence-electron chi connectivity index (χ0n) is 9.64. The van der Waals surface area contributed by atoms with Gasteiger partial charge in [-0.2, -0.15) is 0 Å². The molecule has 0 saturated carbocycles. The second kappa shape index (κ2) is 5.23. The molecule has 0 bridgehead atoms. The number of pyridine rings is 1. The number of rotatable bonds is 3. The summed E-state index contributed by atoms with van der Waals surface area (Å²) in [6.07, 6.45) is 3.45. The molecule has 0 unspecified atom stereocenters. The summed E-state index contributed by atoms with van der Waals surface area (Å²) in [6, 6.07) is 3.78. The fourth-order valence-corrected chi connectivity index (χ4v) is 1.96. The van der Waals surface area contributed by atoms with Crippen LogP contribution < -0.4 is 4.74 Å². The van der Waals surface area contributed by atoms with Crippen molar-refractivity contribution in [3.05, 3.63) is 35.0 Å². The summed E-state index contributed by atoms with van der Waals surface area (Å²) in [4.78, 5) is 12.7. The van der Waals surface area contributed by atoms with Crippen LogP contribution in [0.15, 0.2) is 29.1 Å². The van der Waals surface area contributed by atoms with E-state index < -0.39 is 0 Å². The Morgan fingerprint density at radius 1 is 1.24 bits per heavy atom. The number of ether oxygens (including phenoxy) is 1. The molecule has 2 aromatic rings. The summed E-state index contributed by atoms with van der Waals surface area (Å²) in [6.45, 7) is 4.42. The number of aryl methyl sites for hydroxylation is 1. The maximum absolute atomic E-state index is 5.41. The van der Waals surface area contributed by atoms with E-state index >= 15 is 0 Å². The molecule has 0 aromatic carbocycles. The minimum atomic E-state index is 0.623. The van der Waals surface area contributed by atoms with Crippen LogP contribution in [0.4, 0.5) is 0 Å². The van der Waals surface area contributed by atoms with Crippen molar-refractivity contribution in [2.45, 2.75) is 13.8 Å². The quantitative estimate of drug-likeness (QED) is 0.816.